The molecule has 0 spiro atoms. The van der Waals surface area contributed by atoms with Crippen LogP contribution in [0.15, 0.2) is 41.2 Å². The van der Waals surface area contributed by atoms with Crippen molar-refractivity contribution in [3.63, 3.8) is 0 Å². The van der Waals surface area contributed by atoms with Crippen LogP contribution in [0.5, 0.6) is 0 Å². The second-order valence-electron chi connectivity index (χ2n) is 5.41. The summed E-state index contributed by atoms with van der Waals surface area (Å²) in [5.41, 5.74) is 3.54. The highest BCUT2D eigenvalue weighted by molar-refractivity contribution is 7.07. The molecule has 5 heteroatoms. The summed E-state index contributed by atoms with van der Waals surface area (Å²) in [5, 5.41) is 4.89. The van der Waals surface area contributed by atoms with Gasteiger partial charge in [0.2, 0.25) is 0 Å². The number of carbonyl (C=O) groups excluding carboxylic acids is 1. The summed E-state index contributed by atoms with van der Waals surface area (Å²) < 4.78 is 0. The van der Waals surface area contributed by atoms with Crippen molar-refractivity contribution in [3.05, 3.63) is 52.5 Å². The summed E-state index contributed by atoms with van der Waals surface area (Å²) in [6.45, 7) is 2.95. The van der Waals surface area contributed by atoms with Crippen LogP contribution in [0.3, 0.4) is 0 Å². The molecule has 1 saturated heterocycles. The largest absolute Gasteiger partial charge is 0.347 e. The van der Waals surface area contributed by atoms with Gasteiger partial charge in [0, 0.05) is 24.5 Å². The molecule has 1 fully saturated rings. The standard InChI is InChI=1S/C16H19N3OS/c20-16(15-11-21-12-17-15)18-14-7-4-8-19(10-14)9-13-5-2-1-3-6-13/h1-3,5-6,11-12,14H,4,7-10H2,(H,18,20). The van der Waals surface area contributed by atoms with E-state index in [0.29, 0.717) is 5.69 Å². The van der Waals surface area contributed by atoms with Crippen LogP contribution in [0.4, 0.5) is 0 Å². The van der Waals surface area contributed by atoms with Gasteiger partial charge in [-0.25, -0.2) is 4.98 Å². The Kier molecular flexibility index (Phi) is 4.62. The minimum Gasteiger partial charge on any atom is -0.347 e. The van der Waals surface area contributed by atoms with E-state index >= 15 is 0 Å². The number of likely N-dealkylation sites (tertiary alicyclic amines) is 1. The molecule has 1 N–H and O–H groups in total. The summed E-state index contributed by atoms with van der Waals surface area (Å²) in [5.74, 6) is -0.0530. The summed E-state index contributed by atoms with van der Waals surface area (Å²) in [6, 6.07) is 10.7. The summed E-state index contributed by atoms with van der Waals surface area (Å²) in [4.78, 5) is 18.5. The molecule has 1 amide bonds. The molecule has 1 aliphatic rings. The third-order valence-electron chi connectivity index (χ3n) is 3.75. The van der Waals surface area contributed by atoms with Gasteiger partial charge in [0.25, 0.3) is 5.91 Å². The van der Waals surface area contributed by atoms with Crippen molar-refractivity contribution >= 4 is 17.2 Å². The van der Waals surface area contributed by atoms with Gasteiger partial charge in [-0.2, -0.15) is 0 Å². The maximum atomic E-state index is 12.1. The van der Waals surface area contributed by atoms with E-state index in [2.05, 4.69) is 39.5 Å². The van der Waals surface area contributed by atoms with E-state index in [1.165, 1.54) is 16.9 Å². The van der Waals surface area contributed by atoms with E-state index in [0.717, 1.165) is 32.5 Å². The molecule has 0 saturated carbocycles. The Morgan fingerprint density at radius 2 is 2.24 bits per heavy atom. The lowest BCUT2D eigenvalue weighted by atomic mass is 10.0. The first-order valence-electron chi connectivity index (χ1n) is 7.26. The molecule has 21 heavy (non-hydrogen) atoms. The van der Waals surface area contributed by atoms with Gasteiger partial charge in [-0.15, -0.1) is 11.3 Å². The molecular weight excluding hydrogens is 282 g/mol. The van der Waals surface area contributed by atoms with E-state index in [-0.39, 0.29) is 11.9 Å². The Hall–Kier alpha value is -1.72. The number of amides is 1. The number of hydrogen-bond donors (Lipinski definition) is 1. The van der Waals surface area contributed by atoms with E-state index in [9.17, 15) is 4.79 Å². The monoisotopic (exact) mass is 301 g/mol. The van der Waals surface area contributed by atoms with Crippen molar-refractivity contribution in [2.75, 3.05) is 13.1 Å². The van der Waals surface area contributed by atoms with Crippen molar-refractivity contribution in [1.29, 1.82) is 0 Å². The lowest BCUT2D eigenvalue weighted by Gasteiger charge is -2.33. The normalized spacial score (nSPS) is 19.3. The third-order valence-corrected chi connectivity index (χ3v) is 4.34. The molecule has 1 aliphatic heterocycles. The summed E-state index contributed by atoms with van der Waals surface area (Å²) in [7, 11) is 0. The molecule has 0 radical (unpaired) electrons. The first-order valence-corrected chi connectivity index (χ1v) is 8.21. The van der Waals surface area contributed by atoms with E-state index in [1.807, 2.05) is 6.07 Å². The summed E-state index contributed by atoms with van der Waals surface area (Å²) >= 11 is 1.45. The second kappa shape index (κ2) is 6.83. The van der Waals surface area contributed by atoms with Crippen LogP contribution in [0.25, 0.3) is 0 Å². The molecule has 1 atom stereocenters. The van der Waals surface area contributed by atoms with Gasteiger partial charge in [0.15, 0.2) is 0 Å². The molecule has 0 aliphatic carbocycles. The zero-order valence-electron chi connectivity index (χ0n) is 11.9. The van der Waals surface area contributed by atoms with Crippen molar-refractivity contribution in [1.82, 2.24) is 15.2 Å². The average molecular weight is 301 g/mol. The number of aromatic nitrogens is 1. The first-order chi connectivity index (χ1) is 10.3. The number of hydrogen-bond acceptors (Lipinski definition) is 4. The van der Waals surface area contributed by atoms with Crippen LogP contribution in [0.1, 0.15) is 28.9 Å². The number of nitrogens with zero attached hydrogens (tertiary/aromatic N) is 2. The molecule has 110 valence electrons. The van der Waals surface area contributed by atoms with Crippen LogP contribution in [-0.4, -0.2) is 34.9 Å². The van der Waals surface area contributed by atoms with Crippen molar-refractivity contribution in [2.45, 2.75) is 25.4 Å². The number of nitrogens with one attached hydrogen (secondary N) is 1. The second-order valence-corrected chi connectivity index (χ2v) is 6.13. The molecule has 3 rings (SSSR count). The topological polar surface area (TPSA) is 45.2 Å². The lowest BCUT2D eigenvalue weighted by Crippen LogP contribution is -2.47. The van der Waals surface area contributed by atoms with E-state index in [1.54, 1.807) is 10.9 Å². The number of rotatable bonds is 4. The van der Waals surface area contributed by atoms with Crippen LogP contribution in [0, 0.1) is 0 Å². The zero-order valence-corrected chi connectivity index (χ0v) is 12.7. The highest BCUT2D eigenvalue weighted by atomic mass is 32.1. The van der Waals surface area contributed by atoms with Gasteiger partial charge in [-0.3, -0.25) is 9.69 Å². The molecule has 1 aromatic carbocycles. The zero-order chi connectivity index (χ0) is 14.5. The molecular formula is C16H19N3OS. The molecule has 4 nitrogen and oxygen atoms in total. The fourth-order valence-corrected chi connectivity index (χ4v) is 3.27. The van der Waals surface area contributed by atoms with Gasteiger partial charge in [-0.1, -0.05) is 30.3 Å². The van der Waals surface area contributed by atoms with Gasteiger partial charge in [0.05, 0.1) is 5.51 Å². The van der Waals surface area contributed by atoms with Crippen molar-refractivity contribution in [2.24, 2.45) is 0 Å². The van der Waals surface area contributed by atoms with Gasteiger partial charge >= 0.3 is 0 Å². The Morgan fingerprint density at radius 3 is 3.00 bits per heavy atom. The Labute approximate surface area is 128 Å². The molecule has 2 aromatic rings. The van der Waals surface area contributed by atoms with Crippen molar-refractivity contribution < 1.29 is 4.79 Å². The van der Waals surface area contributed by atoms with Gasteiger partial charge in [-0.05, 0) is 24.9 Å². The maximum absolute atomic E-state index is 12.1. The predicted octanol–water partition coefficient (Wildman–Crippen LogP) is 2.54. The van der Waals surface area contributed by atoms with Crippen LogP contribution >= 0.6 is 11.3 Å². The fourth-order valence-electron chi connectivity index (χ4n) is 2.74. The molecule has 1 unspecified atom stereocenters. The van der Waals surface area contributed by atoms with Crippen LogP contribution in [-0.2, 0) is 6.54 Å². The Bertz CT molecular complexity index is 570. The minimum atomic E-state index is -0.0530. The van der Waals surface area contributed by atoms with E-state index < -0.39 is 0 Å². The van der Waals surface area contributed by atoms with Gasteiger partial charge in [0.1, 0.15) is 5.69 Å². The van der Waals surface area contributed by atoms with Crippen molar-refractivity contribution in [3.8, 4) is 0 Å². The fraction of sp³-hybridized carbons (Fsp3) is 0.375. The highest BCUT2D eigenvalue weighted by Crippen LogP contribution is 2.14. The molecule has 1 aromatic heterocycles. The molecule has 2 heterocycles. The number of benzene rings is 1. The molecule has 0 bridgehead atoms. The highest BCUT2D eigenvalue weighted by Gasteiger charge is 2.22. The smallest absolute Gasteiger partial charge is 0.271 e. The SMILES string of the molecule is O=C(NC1CCCN(Cc2ccccc2)C1)c1cscn1. The first kappa shape index (κ1) is 14.2. The number of piperidine rings is 1. The third kappa shape index (κ3) is 3.89. The Morgan fingerprint density at radius 1 is 1.38 bits per heavy atom. The van der Waals surface area contributed by atoms with Crippen LogP contribution < -0.4 is 5.32 Å². The maximum Gasteiger partial charge on any atom is 0.271 e. The quantitative estimate of drug-likeness (QED) is 0.944. The lowest BCUT2D eigenvalue weighted by molar-refractivity contribution is 0.0896. The number of thiazole rings is 1. The summed E-state index contributed by atoms with van der Waals surface area (Å²) in [6.07, 6.45) is 2.16. The average Bonchev–Trinajstić information content (AvgIpc) is 3.03. The minimum absolute atomic E-state index is 0.0530. The Balaban J connectivity index is 1.55. The van der Waals surface area contributed by atoms with E-state index in [4.69, 9.17) is 0 Å². The van der Waals surface area contributed by atoms with Gasteiger partial charge < -0.3 is 5.32 Å². The van der Waals surface area contributed by atoms with Crippen LogP contribution in [0.2, 0.25) is 0 Å². The number of carbonyl (C=O) groups is 1. The predicted molar refractivity (Wildman–Crippen MR) is 84.3 cm³/mol.